The first-order valence-electron chi connectivity index (χ1n) is 8.60. The van der Waals surface area contributed by atoms with Crippen molar-refractivity contribution in [2.75, 3.05) is 34.5 Å². The first-order chi connectivity index (χ1) is 13.4. The highest BCUT2D eigenvalue weighted by Gasteiger charge is 2.35. The van der Waals surface area contributed by atoms with Gasteiger partial charge in [0.25, 0.3) is 0 Å². The molecule has 0 bridgehead atoms. The molecule has 0 saturated heterocycles. The van der Waals surface area contributed by atoms with E-state index in [4.69, 9.17) is 14.2 Å². The number of methoxy groups -OCH3 is 3. The van der Waals surface area contributed by atoms with Gasteiger partial charge in [0.2, 0.25) is 0 Å². The molecular weight excluding hydrogens is 366 g/mol. The van der Waals surface area contributed by atoms with E-state index in [1.54, 1.807) is 24.3 Å². The second-order valence-electron chi connectivity index (χ2n) is 5.84. The number of hydrogen-bond donors (Lipinski definition) is 0. The average Bonchev–Trinajstić information content (AvgIpc) is 2.72. The van der Waals surface area contributed by atoms with E-state index in [1.165, 1.54) is 38.6 Å². The van der Waals surface area contributed by atoms with E-state index in [0.29, 0.717) is 17.9 Å². The minimum atomic E-state index is -0.718. The summed E-state index contributed by atoms with van der Waals surface area (Å²) in [6.45, 7) is 2.22. The summed E-state index contributed by atoms with van der Waals surface area (Å²) in [6.07, 6.45) is 2.94. The Morgan fingerprint density at radius 2 is 1.43 bits per heavy atom. The Morgan fingerprint density at radius 1 is 0.893 bits per heavy atom. The third kappa shape index (κ3) is 4.70. The van der Waals surface area contributed by atoms with E-state index >= 15 is 0 Å². The minimum Gasteiger partial charge on any atom is -0.494 e. The maximum Gasteiger partial charge on any atom is 0.336 e. The van der Waals surface area contributed by atoms with Gasteiger partial charge in [-0.15, -0.1) is 0 Å². The maximum absolute atomic E-state index is 12.4. The largest absolute Gasteiger partial charge is 0.494 e. The molecule has 1 heterocycles. The van der Waals surface area contributed by atoms with Crippen LogP contribution in [-0.4, -0.2) is 57.3 Å². The smallest absolute Gasteiger partial charge is 0.336 e. The summed E-state index contributed by atoms with van der Waals surface area (Å²) in [6, 6.07) is 7.03. The van der Waals surface area contributed by atoms with Gasteiger partial charge < -0.3 is 23.8 Å². The second-order valence-corrected chi connectivity index (χ2v) is 5.84. The van der Waals surface area contributed by atoms with Crippen molar-refractivity contribution in [3.63, 3.8) is 0 Å². The van der Waals surface area contributed by atoms with E-state index in [2.05, 4.69) is 4.74 Å². The van der Waals surface area contributed by atoms with Crippen LogP contribution in [0.1, 0.15) is 18.4 Å². The lowest BCUT2D eigenvalue weighted by atomic mass is 9.83. The van der Waals surface area contributed by atoms with Crippen LogP contribution in [0.15, 0.2) is 47.8 Å². The molecule has 1 aliphatic rings. The quantitative estimate of drug-likeness (QED) is 0.515. The highest BCUT2D eigenvalue weighted by molar-refractivity contribution is 5.98. The third-order valence-corrected chi connectivity index (χ3v) is 4.14. The lowest BCUT2D eigenvalue weighted by molar-refractivity contribution is -0.142. The number of nitrogens with zero attached hydrogens (tertiary/aromatic N) is 1. The summed E-state index contributed by atoms with van der Waals surface area (Å²) in [7, 11) is 3.75. The van der Waals surface area contributed by atoms with Gasteiger partial charge in [0, 0.05) is 12.4 Å². The molecule has 0 aliphatic carbocycles. The molecule has 0 spiro atoms. The predicted molar refractivity (Wildman–Crippen MR) is 99.3 cm³/mol. The Morgan fingerprint density at radius 3 is 1.86 bits per heavy atom. The van der Waals surface area contributed by atoms with E-state index in [9.17, 15) is 14.4 Å². The van der Waals surface area contributed by atoms with Crippen molar-refractivity contribution < 1.29 is 33.3 Å². The van der Waals surface area contributed by atoms with Gasteiger partial charge in [-0.25, -0.2) is 9.59 Å². The SMILES string of the molecule is CCOc1ccc(C2C(C(=O)OC)=CN(CC(=O)OC)C=C2C(=O)OC)cc1. The zero-order valence-corrected chi connectivity index (χ0v) is 16.3. The lowest BCUT2D eigenvalue weighted by Gasteiger charge is -2.29. The summed E-state index contributed by atoms with van der Waals surface area (Å²) in [5.41, 5.74) is 1.06. The van der Waals surface area contributed by atoms with Gasteiger partial charge in [-0.3, -0.25) is 4.79 Å². The highest BCUT2D eigenvalue weighted by Crippen LogP contribution is 2.37. The number of rotatable bonds is 7. The Labute approximate surface area is 163 Å². The van der Waals surface area contributed by atoms with Gasteiger partial charge in [0.1, 0.15) is 12.3 Å². The Balaban J connectivity index is 2.52. The molecule has 0 N–H and O–H groups in total. The molecule has 0 unspecified atom stereocenters. The lowest BCUT2D eigenvalue weighted by Crippen LogP contribution is -2.31. The normalized spacial score (nSPS) is 13.9. The molecule has 28 heavy (non-hydrogen) atoms. The Kier molecular flexibility index (Phi) is 7.20. The first kappa shape index (κ1) is 21.0. The summed E-state index contributed by atoms with van der Waals surface area (Å²) >= 11 is 0. The van der Waals surface area contributed by atoms with Gasteiger partial charge in [-0.05, 0) is 24.6 Å². The molecule has 0 saturated carbocycles. The molecular formula is C20H23NO7. The molecule has 0 amide bonds. The van der Waals surface area contributed by atoms with Gasteiger partial charge in [0.05, 0.1) is 45.0 Å². The van der Waals surface area contributed by atoms with Gasteiger partial charge in [0.15, 0.2) is 0 Å². The molecule has 0 aromatic heterocycles. The van der Waals surface area contributed by atoms with E-state index in [0.717, 1.165) is 0 Å². The van der Waals surface area contributed by atoms with Crippen LogP contribution < -0.4 is 4.74 Å². The van der Waals surface area contributed by atoms with Crippen LogP contribution in [0, 0.1) is 0 Å². The zero-order valence-electron chi connectivity index (χ0n) is 16.3. The molecule has 2 rings (SSSR count). The van der Waals surface area contributed by atoms with Crippen LogP contribution in [0.5, 0.6) is 5.75 Å². The minimum absolute atomic E-state index is 0.173. The molecule has 1 aliphatic heterocycles. The van der Waals surface area contributed by atoms with Crippen molar-refractivity contribution in [1.29, 1.82) is 0 Å². The van der Waals surface area contributed by atoms with Crippen LogP contribution >= 0.6 is 0 Å². The molecule has 0 radical (unpaired) electrons. The topological polar surface area (TPSA) is 91.4 Å². The summed E-state index contributed by atoms with van der Waals surface area (Å²) in [5.74, 6) is -1.82. The zero-order chi connectivity index (χ0) is 20.7. The highest BCUT2D eigenvalue weighted by atomic mass is 16.5. The number of hydrogen-bond acceptors (Lipinski definition) is 8. The first-order valence-corrected chi connectivity index (χ1v) is 8.60. The van der Waals surface area contributed by atoms with Crippen molar-refractivity contribution in [3.05, 3.63) is 53.4 Å². The van der Waals surface area contributed by atoms with Crippen molar-refractivity contribution in [2.45, 2.75) is 12.8 Å². The molecule has 1 aromatic carbocycles. The van der Waals surface area contributed by atoms with Crippen LogP contribution in [0.25, 0.3) is 0 Å². The average molecular weight is 389 g/mol. The van der Waals surface area contributed by atoms with Gasteiger partial charge >= 0.3 is 17.9 Å². The van der Waals surface area contributed by atoms with Crippen LogP contribution in [-0.2, 0) is 28.6 Å². The Hall–Kier alpha value is -3.29. The van der Waals surface area contributed by atoms with Crippen molar-refractivity contribution in [1.82, 2.24) is 4.90 Å². The van der Waals surface area contributed by atoms with E-state index in [1.807, 2.05) is 6.92 Å². The number of esters is 3. The standard InChI is InChI=1S/C20H23NO7/c1-5-28-14-8-6-13(7-9-14)18-15(19(23)26-3)10-21(12-17(22)25-2)11-16(18)20(24)27-4/h6-11,18H,5,12H2,1-4H3. The summed E-state index contributed by atoms with van der Waals surface area (Å²) < 4.78 is 19.9. The molecule has 8 nitrogen and oxygen atoms in total. The molecule has 8 heteroatoms. The van der Waals surface area contributed by atoms with Crippen LogP contribution in [0.2, 0.25) is 0 Å². The monoisotopic (exact) mass is 389 g/mol. The van der Waals surface area contributed by atoms with Gasteiger partial charge in [-0.1, -0.05) is 12.1 Å². The summed E-state index contributed by atoms with van der Waals surface area (Å²) in [5, 5.41) is 0. The van der Waals surface area contributed by atoms with Crippen molar-refractivity contribution >= 4 is 17.9 Å². The molecule has 150 valence electrons. The number of carbonyl (C=O) groups excluding carboxylic acids is 3. The Bertz CT molecular complexity index is 761. The molecule has 0 atom stereocenters. The number of carbonyl (C=O) groups is 3. The van der Waals surface area contributed by atoms with E-state index in [-0.39, 0.29) is 17.7 Å². The second kappa shape index (κ2) is 9.59. The van der Waals surface area contributed by atoms with Crippen LogP contribution in [0.4, 0.5) is 0 Å². The maximum atomic E-state index is 12.4. The third-order valence-electron chi connectivity index (χ3n) is 4.14. The van der Waals surface area contributed by atoms with Gasteiger partial charge in [-0.2, -0.15) is 0 Å². The van der Waals surface area contributed by atoms with Crippen molar-refractivity contribution in [2.24, 2.45) is 0 Å². The van der Waals surface area contributed by atoms with Crippen LogP contribution in [0.3, 0.4) is 0 Å². The fraction of sp³-hybridized carbons (Fsp3) is 0.350. The molecule has 1 aromatic rings. The molecule has 0 fully saturated rings. The van der Waals surface area contributed by atoms with E-state index < -0.39 is 23.8 Å². The number of benzene rings is 1. The fourth-order valence-corrected chi connectivity index (χ4v) is 2.88. The fourth-order valence-electron chi connectivity index (χ4n) is 2.88. The summed E-state index contributed by atoms with van der Waals surface area (Å²) in [4.78, 5) is 37.9. The predicted octanol–water partition coefficient (Wildman–Crippen LogP) is 1.77. The number of ether oxygens (including phenoxy) is 4. The van der Waals surface area contributed by atoms with Crippen molar-refractivity contribution in [3.8, 4) is 5.75 Å².